The standard InChI is InChI=1S/C11H17NO2S/c1-3-4-5-6-10-12-8(2)9(15-10)7-11(13)14/h3-7H2,1-2H3,(H,13,14). The topological polar surface area (TPSA) is 50.2 Å². The molecule has 0 unspecified atom stereocenters. The lowest BCUT2D eigenvalue weighted by Crippen LogP contribution is -1.99. The number of hydrogen-bond acceptors (Lipinski definition) is 3. The minimum atomic E-state index is -0.776. The van der Waals surface area contributed by atoms with Crippen molar-refractivity contribution in [2.45, 2.75) is 46.0 Å². The second-order valence-corrected chi connectivity index (χ2v) is 4.81. The van der Waals surface area contributed by atoms with Gasteiger partial charge in [-0.3, -0.25) is 4.79 Å². The smallest absolute Gasteiger partial charge is 0.308 e. The van der Waals surface area contributed by atoms with Gasteiger partial charge in [-0.2, -0.15) is 0 Å². The van der Waals surface area contributed by atoms with Crippen molar-refractivity contribution in [1.82, 2.24) is 4.98 Å². The molecule has 0 fully saturated rings. The number of carbonyl (C=O) groups is 1. The maximum Gasteiger partial charge on any atom is 0.308 e. The molecule has 15 heavy (non-hydrogen) atoms. The molecule has 0 atom stereocenters. The maximum absolute atomic E-state index is 10.6. The van der Waals surface area contributed by atoms with Crippen molar-refractivity contribution < 1.29 is 9.90 Å². The molecule has 0 aliphatic heterocycles. The molecule has 0 saturated heterocycles. The van der Waals surface area contributed by atoms with Gasteiger partial charge in [0.25, 0.3) is 0 Å². The van der Waals surface area contributed by atoms with Crippen LogP contribution in [-0.2, 0) is 17.6 Å². The van der Waals surface area contributed by atoms with E-state index in [1.165, 1.54) is 12.8 Å². The summed E-state index contributed by atoms with van der Waals surface area (Å²) in [6.07, 6.45) is 4.66. The Kier molecular flexibility index (Phi) is 4.75. The van der Waals surface area contributed by atoms with Crippen molar-refractivity contribution in [3.8, 4) is 0 Å². The van der Waals surface area contributed by atoms with E-state index >= 15 is 0 Å². The Morgan fingerprint density at radius 2 is 2.20 bits per heavy atom. The highest BCUT2D eigenvalue weighted by Crippen LogP contribution is 2.20. The fraction of sp³-hybridized carbons (Fsp3) is 0.636. The van der Waals surface area contributed by atoms with Gasteiger partial charge in [0.1, 0.15) is 0 Å². The summed E-state index contributed by atoms with van der Waals surface area (Å²) in [6.45, 7) is 4.06. The highest BCUT2D eigenvalue weighted by molar-refractivity contribution is 7.11. The minimum Gasteiger partial charge on any atom is -0.481 e. The van der Waals surface area contributed by atoms with Crippen LogP contribution in [0.25, 0.3) is 0 Å². The third-order valence-corrected chi connectivity index (χ3v) is 3.46. The molecule has 0 radical (unpaired) electrons. The Balaban J connectivity index is 2.56. The molecular formula is C11H17NO2S. The van der Waals surface area contributed by atoms with E-state index in [0.29, 0.717) is 0 Å². The highest BCUT2D eigenvalue weighted by Gasteiger charge is 2.10. The number of carboxylic acids is 1. The van der Waals surface area contributed by atoms with Crippen molar-refractivity contribution in [3.05, 3.63) is 15.6 Å². The molecule has 0 amide bonds. The molecule has 0 spiro atoms. The molecular weight excluding hydrogens is 210 g/mol. The summed E-state index contributed by atoms with van der Waals surface area (Å²) in [7, 11) is 0. The van der Waals surface area contributed by atoms with Crippen LogP contribution in [0.3, 0.4) is 0 Å². The first-order chi connectivity index (χ1) is 7.13. The number of aliphatic carboxylic acids is 1. The minimum absolute atomic E-state index is 0.108. The Hall–Kier alpha value is -0.900. The lowest BCUT2D eigenvalue weighted by Gasteiger charge is -1.93. The average molecular weight is 227 g/mol. The van der Waals surface area contributed by atoms with Crippen LogP contribution in [0.5, 0.6) is 0 Å². The number of nitrogens with zero attached hydrogens (tertiary/aromatic N) is 1. The van der Waals surface area contributed by atoms with Crippen molar-refractivity contribution in [1.29, 1.82) is 0 Å². The van der Waals surface area contributed by atoms with Gasteiger partial charge in [0.05, 0.1) is 17.1 Å². The molecule has 3 nitrogen and oxygen atoms in total. The number of rotatable bonds is 6. The highest BCUT2D eigenvalue weighted by atomic mass is 32.1. The van der Waals surface area contributed by atoms with Crippen LogP contribution < -0.4 is 0 Å². The Bertz CT molecular complexity index is 333. The molecule has 84 valence electrons. The normalized spacial score (nSPS) is 10.5. The zero-order chi connectivity index (χ0) is 11.3. The summed E-state index contributed by atoms with van der Waals surface area (Å²) in [4.78, 5) is 15.9. The number of hydrogen-bond donors (Lipinski definition) is 1. The van der Waals surface area contributed by atoms with Crippen molar-refractivity contribution >= 4 is 17.3 Å². The largest absolute Gasteiger partial charge is 0.481 e. The summed E-state index contributed by atoms with van der Waals surface area (Å²) >= 11 is 1.55. The van der Waals surface area contributed by atoms with Gasteiger partial charge < -0.3 is 5.11 Å². The van der Waals surface area contributed by atoms with Crippen LogP contribution in [0.1, 0.15) is 41.8 Å². The van der Waals surface area contributed by atoms with E-state index in [1.807, 2.05) is 6.92 Å². The molecule has 0 aliphatic carbocycles. The van der Waals surface area contributed by atoms with E-state index in [9.17, 15) is 4.79 Å². The average Bonchev–Trinajstić information content (AvgIpc) is 2.47. The third-order valence-electron chi connectivity index (χ3n) is 2.24. The van der Waals surface area contributed by atoms with Gasteiger partial charge in [0, 0.05) is 4.88 Å². The van der Waals surface area contributed by atoms with E-state index in [-0.39, 0.29) is 6.42 Å². The van der Waals surface area contributed by atoms with Gasteiger partial charge >= 0.3 is 5.97 Å². The molecule has 0 aliphatic rings. The van der Waals surface area contributed by atoms with E-state index in [2.05, 4.69) is 11.9 Å². The fourth-order valence-corrected chi connectivity index (χ4v) is 2.53. The van der Waals surface area contributed by atoms with Crippen molar-refractivity contribution in [3.63, 3.8) is 0 Å². The van der Waals surface area contributed by atoms with Crippen LogP contribution in [0.15, 0.2) is 0 Å². The number of aryl methyl sites for hydroxylation is 2. The first-order valence-electron chi connectivity index (χ1n) is 5.30. The fourth-order valence-electron chi connectivity index (χ4n) is 1.42. The quantitative estimate of drug-likeness (QED) is 0.760. The molecule has 0 bridgehead atoms. The zero-order valence-electron chi connectivity index (χ0n) is 9.25. The van der Waals surface area contributed by atoms with Crippen LogP contribution >= 0.6 is 11.3 Å². The SMILES string of the molecule is CCCCCc1nc(C)c(CC(=O)O)s1. The van der Waals surface area contributed by atoms with E-state index in [1.54, 1.807) is 11.3 Å². The van der Waals surface area contributed by atoms with E-state index in [4.69, 9.17) is 5.11 Å². The lowest BCUT2D eigenvalue weighted by molar-refractivity contribution is -0.136. The molecule has 1 N–H and O–H groups in total. The third kappa shape index (κ3) is 4.00. The van der Waals surface area contributed by atoms with E-state index < -0.39 is 5.97 Å². The van der Waals surface area contributed by atoms with Crippen LogP contribution in [0.4, 0.5) is 0 Å². The van der Waals surface area contributed by atoms with Crippen LogP contribution in [-0.4, -0.2) is 16.1 Å². The predicted octanol–water partition coefficient (Wildman–Crippen LogP) is 2.81. The summed E-state index contributed by atoms with van der Waals surface area (Å²) in [5.74, 6) is -0.776. The number of unbranched alkanes of at least 4 members (excludes halogenated alkanes) is 2. The second kappa shape index (κ2) is 5.85. The monoisotopic (exact) mass is 227 g/mol. The zero-order valence-corrected chi connectivity index (χ0v) is 10.1. The molecule has 1 aromatic heterocycles. The first-order valence-corrected chi connectivity index (χ1v) is 6.12. The van der Waals surface area contributed by atoms with Gasteiger partial charge in [-0.05, 0) is 19.8 Å². The second-order valence-electron chi connectivity index (χ2n) is 3.64. The first kappa shape index (κ1) is 12.2. The van der Waals surface area contributed by atoms with Gasteiger partial charge in [-0.1, -0.05) is 19.8 Å². The van der Waals surface area contributed by atoms with Gasteiger partial charge in [-0.15, -0.1) is 11.3 Å². The van der Waals surface area contributed by atoms with Crippen molar-refractivity contribution in [2.24, 2.45) is 0 Å². The Labute approximate surface area is 94.2 Å². The molecule has 0 saturated carbocycles. The molecule has 1 heterocycles. The Morgan fingerprint density at radius 1 is 1.47 bits per heavy atom. The number of carboxylic acid groups (broad SMARTS) is 1. The predicted molar refractivity (Wildman–Crippen MR) is 61.4 cm³/mol. The van der Waals surface area contributed by atoms with Crippen LogP contribution in [0.2, 0.25) is 0 Å². The number of aromatic nitrogens is 1. The maximum atomic E-state index is 10.6. The summed E-state index contributed by atoms with van der Waals surface area (Å²) in [5.41, 5.74) is 0.883. The van der Waals surface area contributed by atoms with Gasteiger partial charge in [0.2, 0.25) is 0 Å². The number of thiazole rings is 1. The van der Waals surface area contributed by atoms with Crippen LogP contribution in [0, 0.1) is 6.92 Å². The van der Waals surface area contributed by atoms with Gasteiger partial charge in [-0.25, -0.2) is 4.98 Å². The molecule has 4 heteroatoms. The summed E-state index contributed by atoms with van der Waals surface area (Å²) in [5, 5.41) is 9.77. The lowest BCUT2D eigenvalue weighted by atomic mass is 10.2. The van der Waals surface area contributed by atoms with E-state index in [0.717, 1.165) is 28.4 Å². The Morgan fingerprint density at radius 3 is 2.80 bits per heavy atom. The summed E-state index contributed by atoms with van der Waals surface area (Å²) < 4.78 is 0. The van der Waals surface area contributed by atoms with Crippen molar-refractivity contribution in [2.75, 3.05) is 0 Å². The molecule has 0 aromatic carbocycles. The van der Waals surface area contributed by atoms with Gasteiger partial charge in [0.15, 0.2) is 0 Å². The molecule has 1 rings (SSSR count). The molecule has 1 aromatic rings. The summed E-state index contributed by atoms with van der Waals surface area (Å²) in [6, 6.07) is 0.